The van der Waals surface area contributed by atoms with Crippen molar-refractivity contribution in [2.24, 2.45) is 17.8 Å². The Balaban J connectivity index is 1.38. The Morgan fingerprint density at radius 1 is 0.857 bits per heavy atom. The number of halogens is 2. The van der Waals surface area contributed by atoms with Gasteiger partial charge in [0.15, 0.2) is 11.6 Å². The monoisotopic (exact) mass is 386 g/mol. The third kappa shape index (κ3) is 5.55. The van der Waals surface area contributed by atoms with Crippen LogP contribution in [-0.4, -0.2) is 0 Å². The van der Waals surface area contributed by atoms with Crippen LogP contribution in [0.25, 0.3) is 0 Å². The van der Waals surface area contributed by atoms with Crippen LogP contribution in [0.3, 0.4) is 0 Å². The number of hydrogen-bond acceptors (Lipinski definition) is 0. The highest BCUT2D eigenvalue weighted by Crippen LogP contribution is 2.38. The van der Waals surface area contributed by atoms with Gasteiger partial charge in [-0.15, -0.1) is 0 Å². The van der Waals surface area contributed by atoms with Gasteiger partial charge >= 0.3 is 0 Å². The summed E-state index contributed by atoms with van der Waals surface area (Å²) in [5.41, 5.74) is 0.979. The molecule has 0 saturated heterocycles. The molecule has 0 atom stereocenters. The van der Waals surface area contributed by atoms with Gasteiger partial charge in [-0.25, -0.2) is 8.78 Å². The first-order chi connectivity index (χ1) is 13.6. The molecule has 0 radical (unpaired) electrons. The summed E-state index contributed by atoms with van der Waals surface area (Å²) in [6.45, 7) is 3.75. The second kappa shape index (κ2) is 10.4. The van der Waals surface area contributed by atoms with Gasteiger partial charge in [0.25, 0.3) is 0 Å². The number of aryl methyl sites for hydroxylation is 1. The molecule has 2 fully saturated rings. The van der Waals surface area contributed by atoms with Gasteiger partial charge in [0.05, 0.1) is 0 Å². The average Bonchev–Trinajstić information content (AvgIpc) is 2.72. The first-order valence-corrected chi connectivity index (χ1v) is 11.3. The van der Waals surface area contributed by atoms with Gasteiger partial charge in [-0.05, 0) is 113 Å². The van der Waals surface area contributed by atoms with Crippen molar-refractivity contribution in [1.29, 1.82) is 0 Å². The summed E-state index contributed by atoms with van der Waals surface area (Å²) in [6.07, 6.45) is 21.5. The van der Waals surface area contributed by atoms with Crippen LogP contribution in [0.15, 0.2) is 36.4 Å². The molecule has 0 heterocycles. The van der Waals surface area contributed by atoms with Crippen molar-refractivity contribution >= 4 is 0 Å². The zero-order chi connectivity index (χ0) is 19.9. The second-order valence-corrected chi connectivity index (χ2v) is 9.02. The van der Waals surface area contributed by atoms with E-state index >= 15 is 0 Å². The molecule has 1 aromatic carbocycles. The molecular weight excluding hydrogens is 350 g/mol. The lowest BCUT2D eigenvalue weighted by Crippen LogP contribution is -2.14. The molecule has 2 aliphatic carbocycles. The molecule has 154 valence electrons. The molecular formula is C26H36F2. The van der Waals surface area contributed by atoms with Gasteiger partial charge in [-0.1, -0.05) is 36.4 Å². The van der Waals surface area contributed by atoms with Crippen LogP contribution in [0.2, 0.25) is 0 Å². The number of allylic oxidation sites excluding steroid dienone is 4. The van der Waals surface area contributed by atoms with Gasteiger partial charge in [0.1, 0.15) is 0 Å². The van der Waals surface area contributed by atoms with Crippen molar-refractivity contribution in [2.45, 2.75) is 84.0 Å². The van der Waals surface area contributed by atoms with Crippen molar-refractivity contribution < 1.29 is 8.78 Å². The zero-order valence-electron chi connectivity index (χ0n) is 17.6. The summed E-state index contributed by atoms with van der Waals surface area (Å²) >= 11 is 0. The minimum atomic E-state index is -0.667. The van der Waals surface area contributed by atoms with Crippen LogP contribution < -0.4 is 0 Å². The SMILES string of the molecule is C/C=C/C1CCC(CC/C=C/C2CCC(c3ccc(C)c(F)c3F)CC2)CC1. The van der Waals surface area contributed by atoms with E-state index in [1.165, 1.54) is 38.5 Å². The summed E-state index contributed by atoms with van der Waals surface area (Å²) in [5, 5.41) is 0. The van der Waals surface area contributed by atoms with E-state index < -0.39 is 11.6 Å². The minimum Gasteiger partial charge on any atom is -0.203 e. The molecule has 2 heteroatoms. The lowest BCUT2D eigenvalue weighted by Gasteiger charge is -2.28. The van der Waals surface area contributed by atoms with Gasteiger partial charge in [-0.3, -0.25) is 0 Å². The Labute approximate surface area is 170 Å². The van der Waals surface area contributed by atoms with E-state index in [-0.39, 0.29) is 5.92 Å². The van der Waals surface area contributed by atoms with Crippen LogP contribution in [0.5, 0.6) is 0 Å². The molecule has 0 aliphatic heterocycles. The molecule has 2 aliphatic rings. The van der Waals surface area contributed by atoms with Gasteiger partial charge in [0, 0.05) is 0 Å². The smallest absolute Gasteiger partial charge is 0.162 e. The molecule has 3 rings (SSSR count). The molecule has 2 saturated carbocycles. The molecule has 0 nitrogen and oxygen atoms in total. The topological polar surface area (TPSA) is 0 Å². The van der Waals surface area contributed by atoms with E-state index in [2.05, 4.69) is 31.2 Å². The van der Waals surface area contributed by atoms with E-state index in [0.29, 0.717) is 17.0 Å². The van der Waals surface area contributed by atoms with Crippen LogP contribution in [0.4, 0.5) is 8.78 Å². The highest BCUT2D eigenvalue weighted by Gasteiger charge is 2.25. The van der Waals surface area contributed by atoms with Crippen molar-refractivity contribution in [2.75, 3.05) is 0 Å². The van der Waals surface area contributed by atoms with Crippen molar-refractivity contribution in [3.05, 3.63) is 59.2 Å². The molecule has 0 aromatic heterocycles. The van der Waals surface area contributed by atoms with Crippen molar-refractivity contribution in [1.82, 2.24) is 0 Å². The fourth-order valence-electron chi connectivity index (χ4n) is 5.16. The van der Waals surface area contributed by atoms with E-state index in [1.54, 1.807) is 19.1 Å². The van der Waals surface area contributed by atoms with Gasteiger partial charge < -0.3 is 0 Å². The van der Waals surface area contributed by atoms with Crippen molar-refractivity contribution in [3.8, 4) is 0 Å². The predicted molar refractivity (Wildman–Crippen MR) is 114 cm³/mol. The Morgan fingerprint density at radius 2 is 1.50 bits per heavy atom. The molecule has 0 amide bonds. The first kappa shape index (κ1) is 21.3. The fourth-order valence-corrected chi connectivity index (χ4v) is 5.16. The zero-order valence-corrected chi connectivity index (χ0v) is 17.6. The van der Waals surface area contributed by atoms with Crippen LogP contribution in [-0.2, 0) is 0 Å². The molecule has 28 heavy (non-hydrogen) atoms. The Morgan fingerprint density at radius 3 is 2.18 bits per heavy atom. The summed E-state index contributed by atoms with van der Waals surface area (Å²) in [5.74, 6) is 1.22. The largest absolute Gasteiger partial charge is 0.203 e. The third-order valence-electron chi connectivity index (χ3n) is 7.02. The maximum atomic E-state index is 14.2. The fraction of sp³-hybridized carbons (Fsp3) is 0.615. The highest BCUT2D eigenvalue weighted by molar-refractivity contribution is 5.28. The molecule has 1 aromatic rings. The summed E-state index contributed by atoms with van der Waals surface area (Å²) in [4.78, 5) is 0. The Hall–Kier alpha value is -1.44. The summed E-state index contributed by atoms with van der Waals surface area (Å²) in [7, 11) is 0. The van der Waals surface area contributed by atoms with Gasteiger partial charge in [-0.2, -0.15) is 0 Å². The lowest BCUT2D eigenvalue weighted by molar-refractivity contribution is 0.297. The summed E-state index contributed by atoms with van der Waals surface area (Å²) in [6, 6.07) is 3.51. The first-order valence-electron chi connectivity index (χ1n) is 11.3. The standard InChI is InChI=1S/C26H36F2/c1-3-6-20-10-12-21(13-11-20)7-4-5-8-22-14-16-23(17-15-22)24-18-9-19(2)25(27)26(24)28/h3,5-6,8-9,18,20-23H,4,7,10-17H2,1-2H3/b6-3+,8-5+. The lowest BCUT2D eigenvalue weighted by atomic mass is 9.78. The maximum Gasteiger partial charge on any atom is 0.162 e. The Bertz CT molecular complexity index is 672. The highest BCUT2D eigenvalue weighted by atomic mass is 19.2. The molecule has 0 spiro atoms. The normalized spacial score (nSPS) is 29.0. The average molecular weight is 387 g/mol. The van der Waals surface area contributed by atoms with Crippen LogP contribution in [0.1, 0.15) is 88.2 Å². The predicted octanol–water partition coefficient (Wildman–Crippen LogP) is 8.27. The van der Waals surface area contributed by atoms with Gasteiger partial charge in [0.2, 0.25) is 0 Å². The van der Waals surface area contributed by atoms with Crippen LogP contribution >= 0.6 is 0 Å². The maximum absolute atomic E-state index is 14.2. The molecule has 0 bridgehead atoms. The molecule has 0 unspecified atom stereocenters. The summed E-state index contributed by atoms with van der Waals surface area (Å²) < 4.78 is 28.1. The Kier molecular flexibility index (Phi) is 7.88. The van der Waals surface area contributed by atoms with E-state index in [9.17, 15) is 8.78 Å². The number of benzene rings is 1. The van der Waals surface area contributed by atoms with E-state index in [1.807, 2.05) is 0 Å². The van der Waals surface area contributed by atoms with E-state index in [0.717, 1.165) is 37.5 Å². The minimum absolute atomic E-state index is 0.173. The second-order valence-electron chi connectivity index (χ2n) is 9.02. The quantitative estimate of drug-likeness (QED) is 0.432. The number of rotatable bonds is 6. The number of hydrogen-bond donors (Lipinski definition) is 0. The van der Waals surface area contributed by atoms with Crippen LogP contribution in [0, 0.1) is 36.3 Å². The molecule has 0 N–H and O–H groups in total. The van der Waals surface area contributed by atoms with Crippen molar-refractivity contribution in [3.63, 3.8) is 0 Å². The van der Waals surface area contributed by atoms with E-state index in [4.69, 9.17) is 0 Å². The third-order valence-corrected chi connectivity index (χ3v) is 7.02.